The van der Waals surface area contributed by atoms with E-state index in [2.05, 4.69) is 25.8 Å². The van der Waals surface area contributed by atoms with Crippen LogP contribution in [0.5, 0.6) is 0 Å². The zero-order valence-corrected chi connectivity index (χ0v) is 15.3. The molecule has 1 unspecified atom stereocenters. The second-order valence-electron chi connectivity index (χ2n) is 6.42. The number of amides is 1. The van der Waals surface area contributed by atoms with Crippen molar-refractivity contribution in [3.05, 3.63) is 90.3 Å². The van der Waals surface area contributed by atoms with E-state index in [9.17, 15) is 4.79 Å². The molecule has 0 aliphatic carbocycles. The minimum Gasteiger partial charge on any atom is -0.344 e. The molecular formula is C22H19N5O. The second-order valence-corrected chi connectivity index (χ2v) is 6.42. The number of rotatable bonds is 5. The largest absolute Gasteiger partial charge is 0.344 e. The van der Waals surface area contributed by atoms with E-state index in [1.807, 2.05) is 67.6 Å². The molecule has 28 heavy (non-hydrogen) atoms. The molecule has 0 radical (unpaired) electrons. The van der Waals surface area contributed by atoms with Gasteiger partial charge in [-0.05, 0) is 36.8 Å². The highest BCUT2D eigenvalue weighted by atomic mass is 16.2. The average Bonchev–Trinajstić information content (AvgIpc) is 2.75. The number of pyridine rings is 1. The highest BCUT2D eigenvalue weighted by Gasteiger charge is 2.13. The van der Waals surface area contributed by atoms with Gasteiger partial charge in [0.05, 0.1) is 17.2 Å². The van der Waals surface area contributed by atoms with Crippen LogP contribution in [0.1, 0.15) is 29.0 Å². The van der Waals surface area contributed by atoms with Crippen molar-refractivity contribution in [3.63, 3.8) is 0 Å². The first-order valence-electron chi connectivity index (χ1n) is 9.01. The zero-order chi connectivity index (χ0) is 19.3. The smallest absolute Gasteiger partial charge is 0.272 e. The van der Waals surface area contributed by atoms with Crippen molar-refractivity contribution in [1.29, 1.82) is 0 Å². The maximum absolute atomic E-state index is 12.4. The van der Waals surface area contributed by atoms with Crippen LogP contribution in [0.3, 0.4) is 0 Å². The topological polar surface area (TPSA) is 79.8 Å². The van der Waals surface area contributed by atoms with Gasteiger partial charge in [-0.2, -0.15) is 0 Å². The molecule has 1 atom stereocenters. The maximum atomic E-state index is 12.4. The van der Waals surface area contributed by atoms with Gasteiger partial charge in [0.25, 0.3) is 5.91 Å². The summed E-state index contributed by atoms with van der Waals surface area (Å²) < 4.78 is 0. The number of anilines is 2. The molecule has 2 aromatic heterocycles. The van der Waals surface area contributed by atoms with Gasteiger partial charge >= 0.3 is 0 Å². The van der Waals surface area contributed by atoms with Crippen LogP contribution >= 0.6 is 0 Å². The van der Waals surface area contributed by atoms with Crippen LogP contribution in [0.15, 0.2) is 79.0 Å². The van der Waals surface area contributed by atoms with Crippen LogP contribution in [0.4, 0.5) is 11.5 Å². The Bertz CT molecular complexity index is 1090. The lowest BCUT2D eigenvalue weighted by Gasteiger charge is -2.14. The summed E-state index contributed by atoms with van der Waals surface area (Å²) in [5.41, 5.74) is 2.99. The molecule has 0 saturated carbocycles. The fraction of sp³-hybridized carbons (Fsp3) is 0.0909. The van der Waals surface area contributed by atoms with Crippen molar-refractivity contribution in [3.8, 4) is 0 Å². The maximum Gasteiger partial charge on any atom is 0.272 e. The summed E-state index contributed by atoms with van der Waals surface area (Å²) >= 11 is 0. The molecule has 0 fully saturated rings. The molecule has 0 saturated heterocycles. The van der Waals surface area contributed by atoms with Gasteiger partial charge < -0.3 is 10.6 Å². The van der Waals surface area contributed by atoms with Gasteiger partial charge in [0, 0.05) is 11.6 Å². The van der Waals surface area contributed by atoms with Crippen molar-refractivity contribution in [2.45, 2.75) is 13.0 Å². The Kier molecular flexibility index (Phi) is 4.93. The number of carbonyl (C=O) groups is 1. The van der Waals surface area contributed by atoms with Crippen molar-refractivity contribution >= 4 is 28.3 Å². The molecule has 0 aliphatic heterocycles. The monoisotopic (exact) mass is 369 g/mol. The predicted octanol–water partition coefficient (Wildman–Crippen LogP) is 4.26. The average molecular weight is 369 g/mol. The van der Waals surface area contributed by atoms with Crippen LogP contribution in [0.2, 0.25) is 0 Å². The third-order valence-electron chi connectivity index (χ3n) is 4.44. The Balaban J connectivity index is 1.47. The van der Waals surface area contributed by atoms with Gasteiger partial charge in [-0.25, -0.2) is 0 Å². The summed E-state index contributed by atoms with van der Waals surface area (Å²) in [7, 11) is 0. The number of nitrogens with zero attached hydrogens (tertiary/aromatic N) is 3. The van der Waals surface area contributed by atoms with Gasteiger partial charge in [0.15, 0.2) is 11.5 Å². The van der Waals surface area contributed by atoms with E-state index < -0.39 is 0 Å². The Morgan fingerprint density at radius 2 is 1.71 bits per heavy atom. The second kappa shape index (κ2) is 7.84. The number of hydrogen-bond acceptors (Lipinski definition) is 5. The number of fused-ring (bicyclic) bond motifs is 1. The van der Waals surface area contributed by atoms with Crippen molar-refractivity contribution in [2.24, 2.45) is 0 Å². The summed E-state index contributed by atoms with van der Waals surface area (Å²) in [6.07, 6.45) is 1.75. The zero-order valence-electron chi connectivity index (χ0n) is 15.3. The molecule has 138 valence electrons. The normalized spacial score (nSPS) is 11.8. The van der Waals surface area contributed by atoms with Gasteiger partial charge in [0.1, 0.15) is 0 Å². The Labute approximate surface area is 162 Å². The van der Waals surface area contributed by atoms with Crippen molar-refractivity contribution < 1.29 is 4.79 Å². The quantitative estimate of drug-likeness (QED) is 0.549. The van der Waals surface area contributed by atoms with Crippen LogP contribution < -0.4 is 10.6 Å². The molecule has 2 aromatic carbocycles. The molecule has 4 rings (SSSR count). The van der Waals surface area contributed by atoms with Crippen LogP contribution in [-0.4, -0.2) is 21.1 Å². The molecule has 0 aliphatic rings. The Morgan fingerprint density at radius 1 is 0.893 bits per heavy atom. The molecule has 6 heteroatoms. The van der Waals surface area contributed by atoms with Crippen LogP contribution in [-0.2, 0) is 0 Å². The fourth-order valence-corrected chi connectivity index (χ4v) is 2.96. The first-order chi connectivity index (χ1) is 13.7. The number of aromatic nitrogens is 3. The van der Waals surface area contributed by atoms with E-state index in [0.717, 1.165) is 22.2 Å². The number of hydrogen-bond donors (Lipinski definition) is 2. The Hall–Kier alpha value is -3.80. The van der Waals surface area contributed by atoms with Crippen LogP contribution in [0, 0.1) is 0 Å². The number of carbonyl (C=O) groups excluding carboxylic acids is 1. The molecule has 0 bridgehead atoms. The van der Waals surface area contributed by atoms with E-state index in [4.69, 9.17) is 0 Å². The first kappa shape index (κ1) is 17.6. The highest BCUT2D eigenvalue weighted by Crippen LogP contribution is 2.23. The summed E-state index contributed by atoms with van der Waals surface area (Å²) in [6, 6.07) is 22.8. The number of benzene rings is 2. The lowest BCUT2D eigenvalue weighted by molar-refractivity contribution is 0.0934. The molecule has 2 heterocycles. The predicted molar refractivity (Wildman–Crippen MR) is 109 cm³/mol. The SMILES string of the molecule is CC(NC(=O)c1ccc(Nc2cccc3cccnc23)nn1)c1ccccc1. The van der Waals surface area contributed by atoms with Gasteiger partial charge in [-0.1, -0.05) is 48.5 Å². The van der Waals surface area contributed by atoms with Crippen molar-refractivity contribution in [2.75, 3.05) is 5.32 Å². The molecular weight excluding hydrogens is 350 g/mol. The summed E-state index contributed by atoms with van der Waals surface area (Å²) in [5, 5.41) is 15.4. The van der Waals surface area contributed by atoms with E-state index >= 15 is 0 Å². The van der Waals surface area contributed by atoms with E-state index in [1.165, 1.54) is 0 Å². The molecule has 6 nitrogen and oxygen atoms in total. The lowest BCUT2D eigenvalue weighted by atomic mass is 10.1. The summed E-state index contributed by atoms with van der Waals surface area (Å²) in [4.78, 5) is 16.8. The molecule has 4 aromatic rings. The Morgan fingerprint density at radius 3 is 2.50 bits per heavy atom. The third kappa shape index (κ3) is 3.81. The molecule has 0 spiro atoms. The number of para-hydroxylation sites is 1. The van der Waals surface area contributed by atoms with Gasteiger partial charge in [-0.3, -0.25) is 9.78 Å². The highest BCUT2D eigenvalue weighted by molar-refractivity contribution is 5.93. The molecule has 1 amide bonds. The minimum absolute atomic E-state index is 0.116. The van der Waals surface area contributed by atoms with Gasteiger partial charge in [-0.15, -0.1) is 10.2 Å². The summed E-state index contributed by atoms with van der Waals surface area (Å²) in [5.74, 6) is 0.285. The lowest BCUT2D eigenvalue weighted by Crippen LogP contribution is -2.27. The van der Waals surface area contributed by atoms with Gasteiger partial charge in [0.2, 0.25) is 0 Å². The van der Waals surface area contributed by atoms with Crippen molar-refractivity contribution in [1.82, 2.24) is 20.5 Å². The van der Waals surface area contributed by atoms with E-state index in [0.29, 0.717) is 5.82 Å². The minimum atomic E-state index is -0.262. The standard InChI is InChI=1S/C22H19N5O/c1-15(16-7-3-2-4-8-16)24-22(28)19-12-13-20(27-26-19)25-18-11-5-9-17-10-6-14-23-21(17)18/h2-15H,1H3,(H,24,28)(H,25,27). The number of nitrogens with one attached hydrogen (secondary N) is 2. The third-order valence-corrected chi connectivity index (χ3v) is 4.44. The van der Waals surface area contributed by atoms with E-state index in [-0.39, 0.29) is 17.6 Å². The summed E-state index contributed by atoms with van der Waals surface area (Å²) in [6.45, 7) is 1.93. The first-order valence-corrected chi connectivity index (χ1v) is 9.01. The van der Waals surface area contributed by atoms with E-state index in [1.54, 1.807) is 18.3 Å². The fourth-order valence-electron chi connectivity index (χ4n) is 2.96. The van der Waals surface area contributed by atoms with Crippen LogP contribution in [0.25, 0.3) is 10.9 Å². The molecule has 2 N–H and O–H groups in total.